The van der Waals surface area contributed by atoms with E-state index in [1.54, 1.807) is 24.5 Å². The van der Waals surface area contributed by atoms with Gasteiger partial charge >= 0.3 is 0 Å². The molecule has 0 aliphatic carbocycles. The van der Waals surface area contributed by atoms with Crippen LogP contribution in [0.5, 0.6) is 11.5 Å². The molecular formula is C20H22N2O4S. The van der Waals surface area contributed by atoms with Crippen molar-refractivity contribution in [1.82, 2.24) is 10.2 Å². The molecule has 0 radical (unpaired) electrons. The summed E-state index contributed by atoms with van der Waals surface area (Å²) in [7, 11) is 0. The van der Waals surface area contributed by atoms with E-state index < -0.39 is 0 Å². The van der Waals surface area contributed by atoms with Crippen LogP contribution in [0.3, 0.4) is 0 Å². The van der Waals surface area contributed by atoms with Gasteiger partial charge < -0.3 is 19.2 Å². The molecule has 0 unspecified atom stereocenters. The van der Waals surface area contributed by atoms with Crippen LogP contribution in [0.4, 0.5) is 0 Å². The van der Waals surface area contributed by atoms with Crippen LogP contribution in [0.1, 0.15) is 31.6 Å². The van der Waals surface area contributed by atoms with Crippen LogP contribution >= 0.6 is 12.2 Å². The maximum atomic E-state index is 12.8. The molecule has 7 heteroatoms. The van der Waals surface area contributed by atoms with Gasteiger partial charge in [0.15, 0.2) is 16.6 Å². The molecule has 3 rings (SSSR count). The zero-order valence-electron chi connectivity index (χ0n) is 15.4. The first-order valence-corrected chi connectivity index (χ1v) is 9.30. The van der Waals surface area contributed by atoms with Gasteiger partial charge in [0.2, 0.25) is 0 Å². The molecule has 1 saturated heterocycles. The molecule has 0 bridgehead atoms. The van der Waals surface area contributed by atoms with E-state index in [1.807, 2.05) is 32.0 Å². The molecule has 0 saturated carbocycles. The molecule has 1 aromatic carbocycles. The van der Waals surface area contributed by atoms with E-state index in [0.717, 1.165) is 12.0 Å². The van der Waals surface area contributed by atoms with Gasteiger partial charge in [0, 0.05) is 5.56 Å². The Bertz CT molecular complexity index is 846. The van der Waals surface area contributed by atoms with Crippen LogP contribution in [-0.2, 0) is 11.3 Å². The maximum Gasteiger partial charge on any atom is 0.276 e. The highest BCUT2D eigenvalue weighted by molar-refractivity contribution is 7.80. The summed E-state index contributed by atoms with van der Waals surface area (Å²) in [5.74, 6) is 1.73. The van der Waals surface area contributed by atoms with Crippen molar-refractivity contribution >= 4 is 29.3 Å². The number of hydrogen-bond donors (Lipinski definition) is 1. The minimum Gasteiger partial charge on any atom is -0.490 e. The molecule has 1 aromatic heterocycles. The number of benzene rings is 1. The lowest BCUT2D eigenvalue weighted by Gasteiger charge is -2.14. The van der Waals surface area contributed by atoms with Crippen molar-refractivity contribution < 1.29 is 18.7 Å². The van der Waals surface area contributed by atoms with Crippen LogP contribution in [0.15, 0.2) is 46.7 Å². The number of para-hydroxylation sites is 1. The summed E-state index contributed by atoms with van der Waals surface area (Å²) in [6, 6.07) is 9.19. The lowest BCUT2D eigenvalue weighted by molar-refractivity contribution is -0.122. The van der Waals surface area contributed by atoms with Crippen LogP contribution in [0.2, 0.25) is 0 Å². The Morgan fingerprint density at radius 2 is 2.07 bits per heavy atom. The number of furan rings is 1. The summed E-state index contributed by atoms with van der Waals surface area (Å²) in [6.07, 6.45) is 4.18. The second-order valence-corrected chi connectivity index (χ2v) is 6.30. The number of ether oxygens (including phenoxy) is 2. The minimum atomic E-state index is -0.209. The van der Waals surface area contributed by atoms with Crippen LogP contribution in [-0.4, -0.2) is 29.1 Å². The number of nitrogens with one attached hydrogen (secondary N) is 1. The second-order valence-electron chi connectivity index (χ2n) is 5.91. The minimum absolute atomic E-state index is 0.209. The van der Waals surface area contributed by atoms with E-state index in [9.17, 15) is 4.79 Å². The summed E-state index contributed by atoms with van der Waals surface area (Å²) in [5, 5.41) is 3.33. The van der Waals surface area contributed by atoms with Crippen molar-refractivity contribution in [3.05, 3.63) is 53.6 Å². The average molecular weight is 386 g/mol. The first kappa shape index (κ1) is 19.0. The molecule has 6 nitrogen and oxygen atoms in total. The summed E-state index contributed by atoms with van der Waals surface area (Å²) >= 11 is 5.31. The molecule has 2 heterocycles. The Kier molecular flexibility index (Phi) is 6.13. The van der Waals surface area contributed by atoms with Crippen molar-refractivity contribution in [1.29, 1.82) is 0 Å². The van der Waals surface area contributed by atoms with Crippen molar-refractivity contribution in [3.8, 4) is 11.5 Å². The fourth-order valence-electron chi connectivity index (χ4n) is 2.70. The molecule has 2 aromatic rings. The Morgan fingerprint density at radius 1 is 1.22 bits per heavy atom. The number of carbonyl (C=O) groups excluding carboxylic acids is 1. The summed E-state index contributed by atoms with van der Waals surface area (Å²) in [6.45, 7) is 5.33. The van der Waals surface area contributed by atoms with Gasteiger partial charge in [-0.1, -0.05) is 19.1 Å². The largest absolute Gasteiger partial charge is 0.490 e. The van der Waals surface area contributed by atoms with Crippen LogP contribution in [0.25, 0.3) is 6.08 Å². The summed E-state index contributed by atoms with van der Waals surface area (Å²) < 4.78 is 16.9. The Labute approximate surface area is 163 Å². The van der Waals surface area contributed by atoms with E-state index in [-0.39, 0.29) is 12.5 Å². The molecule has 1 aliphatic rings. The third-order valence-corrected chi connectivity index (χ3v) is 4.24. The number of nitrogens with zero attached hydrogens (tertiary/aromatic N) is 1. The number of carbonyl (C=O) groups is 1. The van der Waals surface area contributed by atoms with E-state index in [4.69, 9.17) is 26.1 Å². The van der Waals surface area contributed by atoms with E-state index in [0.29, 0.717) is 41.3 Å². The predicted molar refractivity (Wildman–Crippen MR) is 106 cm³/mol. The van der Waals surface area contributed by atoms with Crippen LogP contribution < -0.4 is 14.8 Å². The third kappa shape index (κ3) is 4.31. The molecule has 1 amide bonds. The summed E-state index contributed by atoms with van der Waals surface area (Å²) in [4.78, 5) is 14.2. The highest BCUT2D eigenvalue weighted by Crippen LogP contribution is 2.33. The van der Waals surface area contributed by atoms with Crippen molar-refractivity contribution in [3.63, 3.8) is 0 Å². The van der Waals surface area contributed by atoms with Gasteiger partial charge in [-0.3, -0.25) is 9.69 Å². The molecular weight excluding hydrogens is 364 g/mol. The van der Waals surface area contributed by atoms with Crippen molar-refractivity contribution in [2.75, 3.05) is 13.2 Å². The highest BCUT2D eigenvalue weighted by Gasteiger charge is 2.31. The molecule has 1 N–H and O–H groups in total. The summed E-state index contributed by atoms with van der Waals surface area (Å²) in [5.41, 5.74) is 1.15. The van der Waals surface area contributed by atoms with E-state index >= 15 is 0 Å². The number of amides is 1. The van der Waals surface area contributed by atoms with E-state index in [1.165, 1.54) is 4.90 Å². The van der Waals surface area contributed by atoms with Gasteiger partial charge in [-0.25, -0.2) is 0 Å². The first-order valence-electron chi connectivity index (χ1n) is 8.89. The fourth-order valence-corrected chi connectivity index (χ4v) is 2.96. The van der Waals surface area contributed by atoms with Crippen molar-refractivity contribution in [2.24, 2.45) is 0 Å². The lowest BCUT2D eigenvalue weighted by atomic mass is 10.1. The van der Waals surface area contributed by atoms with Gasteiger partial charge in [-0.2, -0.15) is 0 Å². The van der Waals surface area contributed by atoms with Gasteiger partial charge in [0.25, 0.3) is 5.91 Å². The standard InChI is InChI=1S/C20H22N2O4S/c1-3-10-26-18-14(7-5-9-17(18)24-4-2)12-16-19(23)22(20(27)21-16)13-15-8-6-11-25-15/h5-9,11-12H,3-4,10,13H2,1-2H3,(H,21,27)/b16-12-. The molecule has 0 atom stereocenters. The number of thiocarbonyl (C=S) groups is 1. The molecule has 142 valence electrons. The molecule has 27 heavy (non-hydrogen) atoms. The molecule has 1 aliphatic heterocycles. The Hall–Kier alpha value is -2.80. The topological polar surface area (TPSA) is 63.9 Å². The second kappa shape index (κ2) is 8.73. The number of hydrogen-bond acceptors (Lipinski definition) is 5. The number of rotatable bonds is 8. The quantitative estimate of drug-likeness (QED) is 0.551. The normalized spacial score (nSPS) is 15.3. The first-order chi connectivity index (χ1) is 13.1. The predicted octanol–water partition coefficient (Wildman–Crippen LogP) is 3.72. The van der Waals surface area contributed by atoms with Gasteiger partial charge in [-0.15, -0.1) is 0 Å². The Morgan fingerprint density at radius 3 is 2.78 bits per heavy atom. The average Bonchev–Trinajstić information content (AvgIpc) is 3.26. The smallest absolute Gasteiger partial charge is 0.276 e. The van der Waals surface area contributed by atoms with Gasteiger partial charge in [0.05, 0.1) is 26.0 Å². The fraction of sp³-hybridized carbons (Fsp3) is 0.300. The van der Waals surface area contributed by atoms with Crippen LogP contribution in [0, 0.1) is 0 Å². The zero-order chi connectivity index (χ0) is 19.2. The monoisotopic (exact) mass is 386 g/mol. The zero-order valence-corrected chi connectivity index (χ0v) is 16.2. The lowest BCUT2D eigenvalue weighted by Crippen LogP contribution is -2.29. The van der Waals surface area contributed by atoms with Gasteiger partial charge in [-0.05, 0) is 49.8 Å². The molecule has 0 spiro atoms. The SMILES string of the molecule is CCCOc1c(/C=C2\NC(=S)N(Cc3ccco3)C2=O)cccc1OCC. The Balaban J connectivity index is 1.88. The highest BCUT2D eigenvalue weighted by atomic mass is 32.1. The van der Waals surface area contributed by atoms with E-state index in [2.05, 4.69) is 5.32 Å². The van der Waals surface area contributed by atoms with Crippen molar-refractivity contribution in [2.45, 2.75) is 26.8 Å². The van der Waals surface area contributed by atoms with Gasteiger partial charge in [0.1, 0.15) is 11.5 Å². The molecule has 1 fully saturated rings. The maximum absolute atomic E-state index is 12.8. The third-order valence-electron chi connectivity index (χ3n) is 3.92.